The molecule has 0 spiro atoms. The molecule has 1 fully saturated rings. The van der Waals surface area contributed by atoms with E-state index in [4.69, 9.17) is 4.74 Å². The zero-order chi connectivity index (χ0) is 15.5. The van der Waals surface area contributed by atoms with Gasteiger partial charge in [0.15, 0.2) is 0 Å². The first-order chi connectivity index (χ1) is 10.0. The summed E-state index contributed by atoms with van der Waals surface area (Å²) in [5.74, 6) is 0.914. The summed E-state index contributed by atoms with van der Waals surface area (Å²) in [5, 5.41) is 6.52. The van der Waals surface area contributed by atoms with Crippen molar-refractivity contribution in [2.24, 2.45) is 0 Å². The Morgan fingerprint density at radius 1 is 1.52 bits per heavy atom. The molecule has 1 aliphatic heterocycles. The van der Waals surface area contributed by atoms with Gasteiger partial charge in [-0.2, -0.15) is 0 Å². The van der Waals surface area contributed by atoms with Gasteiger partial charge in [-0.1, -0.05) is 24.6 Å². The molecular formula is C17H26N2O2. The third-order valence-corrected chi connectivity index (χ3v) is 4.48. The number of aryl methyl sites for hydroxylation is 1. The van der Waals surface area contributed by atoms with E-state index in [0.717, 1.165) is 42.7 Å². The third-order valence-electron chi connectivity index (χ3n) is 4.48. The van der Waals surface area contributed by atoms with Crippen molar-refractivity contribution in [3.05, 3.63) is 29.3 Å². The van der Waals surface area contributed by atoms with Crippen LogP contribution in [-0.2, 0) is 4.79 Å². The Morgan fingerprint density at radius 2 is 2.29 bits per heavy atom. The minimum Gasteiger partial charge on any atom is -0.496 e. The molecule has 0 saturated carbocycles. The van der Waals surface area contributed by atoms with E-state index in [1.807, 2.05) is 26.0 Å². The zero-order valence-electron chi connectivity index (χ0n) is 13.5. The molecule has 1 aliphatic rings. The van der Waals surface area contributed by atoms with Crippen LogP contribution in [0.1, 0.15) is 50.3 Å². The molecule has 0 radical (unpaired) electrons. The molecule has 4 nitrogen and oxygen atoms in total. The fraction of sp³-hybridized carbons (Fsp3) is 0.588. The quantitative estimate of drug-likeness (QED) is 0.876. The first-order valence-electron chi connectivity index (χ1n) is 7.73. The van der Waals surface area contributed by atoms with Gasteiger partial charge in [-0.25, -0.2) is 0 Å². The summed E-state index contributed by atoms with van der Waals surface area (Å²) in [5.41, 5.74) is 1.79. The smallest absolute Gasteiger partial charge is 0.240 e. The first-order valence-corrected chi connectivity index (χ1v) is 7.73. The fourth-order valence-electron chi connectivity index (χ4n) is 3.07. The van der Waals surface area contributed by atoms with Gasteiger partial charge in [-0.3, -0.25) is 4.79 Å². The minimum absolute atomic E-state index is 0.0711. The summed E-state index contributed by atoms with van der Waals surface area (Å²) >= 11 is 0. The number of benzene rings is 1. The highest BCUT2D eigenvalue weighted by atomic mass is 16.5. The molecule has 1 amide bonds. The van der Waals surface area contributed by atoms with Gasteiger partial charge in [0.25, 0.3) is 0 Å². The van der Waals surface area contributed by atoms with E-state index in [1.54, 1.807) is 7.11 Å². The van der Waals surface area contributed by atoms with Gasteiger partial charge < -0.3 is 15.4 Å². The van der Waals surface area contributed by atoms with Crippen LogP contribution in [0.2, 0.25) is 0 Å². The predicted molar refractivity (Wildman–Crippen MR) is 84.5 cm³/mol. The fourth-order valence-corrected chi connectivity index (χ4v) is 3.07. The van der Waals surface area contributed by atoms with Crippen LogP contribution in [0.3, 0.4) is 0 Å². The van der Waals surface area contributed by atoms with Crippen molar-refractivity contribution in [1.29, 1.82) is 0 Å². The molecule has 2 atom stereocenters. The van der Waals surface area contributed by atoms with E-state index in [0.29, 0.717) is 0 Å². The van der Waals surface area contributed by atoms with Crippen molar-refractivity contribution in [2.45, 2.75) is 51.6 Å². The average molecular weight is 290 g/mol. The lowest BCUT2D eigenvalue weighted by Gasteiger charge is -2.29. The van der Waals surface area contributed by atoms with Gasteiger partial charge in [0.1, 0.15) is 5.75 Å². The normalized spacial score (nSPS) is 22.9. The number of hydrogen-bond donors (Lipinski definition) is 2. The van der Waals surface area contributed by atoms with Crippen LogP contribution in [-0.4, -0.2) is 25.1 Å². The molecule has 1 aromatic carbocycles. The van der Waals surface area contributed by atoms with Gasteiger partial charge in [-0.15, -0.1) is 0 Å². The number of carbonyl (C=O) groups excluding carboxylic acids is 1. The summed E-state index contributed by atoms with van der Waals surface area (Å²) < 4.78 is 5.41. The number of methoxy groups -OCH3 is 1. The second-order valence-electron chi connectivity index (χ2n) is 5.91. The summed E-state index contributed by atoms with van der Waals surface area (Å²) in [6.07, 6.45) is 2.78. The molecule has 2 N–H and O–H groups in total. The van der Waals surface area contributed by atoms with Crippen molar-refractivity contribution in [3.8, 4) is 5.75 Å². The maximum atomic E-state index is 12.7. The number of nitrogens with one attached hydrogen (secondary N) is 2. The Balaban J connectivity index is 2.16. The van der Waals surface area contributed by atoms with Crippen LogP contribution < -0.4 is 15.4 Å². The molecule has 116 valence electrons. The summed E-state index contributed by atoms with van der Waals surface area (Å²) in [4.78, 5) is 12.7. The van der Waals surface area contributed by atoms with E-state index < -0.39 is 5.54 Å². The third kappa shape index (κ3) is 3.21. The SMILES string of the molecule is CCC1(C(=O)NC(C)c2cc(C)ccc2OC)CCCN1. The molecule has 2 unspecified atom stereocenters. The Morgan fingerprint density at radius 3 is 2.86 bits per heavy atom. The Kier molecular flexibility index (Phi) is 4.88. The monoisotopic (exact) mass is 290 g/mol. The number of rotatable bonds is 5. The molecule has 0 bridgehead atoms. The molecule has 4 heteroatoms. The molecule has 0 aromatic heterocycles. The summed E-state index contributed by atoms with van der Waals surface area (Å²) in [6, 6.07) is 5.97. The minimum atomic E-state index is -0.397. The molecule has 21 heavy (non-hydrogen) atoms. The van der Waals surface area contributed by atoms with Gasteiger partial charge in [0.2, 0.25) is 5.91 Å². The number of carbonyl (C=O) groups is 1. The molecule has 0 aliphatic carbocycles. The second kappa shape index (κ2) is 6.48. The number of amides is 1. The standard InChI is InChI=1S/C17H26N2O2/c1-5-17(9-6-10-18-17)16(20)19-13(3)14-11-12(2)7-8-15(14)21-4/h7-8,11,13,18H,5-6,9-10H2,1-4H3,(H,19,20). The van der Waals surface area contributed by atoms with E-state index >= 15 is 0 Å². The highest BCUT2D eigenvalue weighted by Gasteiger charge is 2.39. The lowest BCUT2D eigenvalue weighted by molar-refractivity contribution is -0.128. The topological polar surface area (TPSA) is 50.4 Å². The zero-order valence-corrected chi connectivity index (χ0v) is 13.5. The summed E-state index contributed by atoms with van der Waals surface area (Å²) in [7, 11) is 1.66. The van der Waals surface area contributed by atoms with E-state index in [2.05, 4.69) is 23.6 Å². The van der Waals surface area contributed by atoms with Crippen LogP contribution in [0, 0.1) is 6.92 Å². The largest absolute Gasteiger partial charge is 0.496 e. The molecular weight excluding hydrogens is 264 g/mol. The maximum absolute atomic E-state index is 12.7. The van der Waals surface area contributed by atoms with Gasteiger partial charge >= 0.3 is 0 Å². The Labute approximate surface area is 127 Å². The molecule has 1 heterocycles. The van der Waals surface area contributed by atoms with Crippen molar-refractivity contribution in [1.82, 2.24) is 10.6 Å². The van der Waals surface area contributed by atoms with E-state index in [9.17, 15) is 4.79 Å². The lowest BCUT2D eigenvalue weighted by atomic mass is 9.92. The predicted octanol–water partition coefficient (Wildman–Crippen LogP) is 2.71. The highest BCUT2D eigenvalue weighted by molar-refractivity contribution is 5.87. The molecule has 1 aromatic rings. The van der Waals surface area contributed by atoms with Crippen LogP contribution >= 0.6 is 0 Å². The highest BCUT2D eigenvalue weighted by Crippen LogP contribution is 2.28. The van der Waals surface area contributed by atoms with Gasteiger partial charge in [-0.05, 0) is 45.7 Å². The van der Waals surface area contributed by atoms with E-state index in [-0.39, 0.29) is 11.9 Å². The Hall–Kier alpha value is -1.55. The van der Waals surface area contributed by atoms with Crippen molar-refractivity contribution < 1.29 is 9.53 Å². The van der Waals surface area contributed by atoms with Gasteiger partial charge in [0.05, 0.1) is 18.7 Å². The maximum Gasteiger partial charge on any atom is 0.240 e. The average Bonchev–Trinajstić information content (AvgIpc) is 2.97. The van der Waals surface area contributed by atoms with Crippen molar-refractivity contribution >= 4 is 5.91 Å². The Bertz CT molecular complexity index is 508. The van der Waals surface area contributed by atoms with Crippen LogP contribution in [0.5, 0.6) is 5.75 Å². The first kappa shape index (κ1) is 15.8. The second-order valence-corrected chi connectivity index (χ2v) is 5.91. The van der Waals surface area contributed by atoms with Crippen LogP contribution in [0.15, 0.2) is 18.2 Å². The van der Waals surface area contributed by atoms with Crippen LogP contribution in [0.25, 0.3) is 0 Å². The molecule has 2 rings (SSSR count). The number of hydrogen-bond acceptors (Lipinski definition) is 3. The van der Waals surface area contributed by atoms with E-state index in [1.165, 1.54) is 0 Å². The number of ether oxygens (including phenoxy) is 1. The van der Waals surface area contributed by atoms with Crippen molar-refractivity contribution in [2.75, 3.05) is 13.7 Å². The van der Waals surface area contributed by atoms with Crippen LogP contribution in [0.4, 0.5) is 0 Å². The van der Waals surface area contributed by atoms with Crippen molar-refractivity contribution in [3.63, 3.8) is 0 Å². The summed E-state index contributed by atoms with van der Waals surface area (Å²) in [6.45, 7) is 7.04. The lowest BCUT2D eigenvalue weighted by Crippen LogP contribution is -2.53. The molecule has 1 saturated heterocycles. The van der Waals surface area contributed by atoms with Gasteiger partial charge in [0, 0.05) is 5.56 Å².